The van der Waals surface area contributed by atoms with Gasteiger partial charge in [0.1, 0.15) is 16.5 Å². The molecule has 0 atom stereocenters. The maximum absolute atomic E-state index is 4.66. The zero-order valence-electron chi connectivity index (χ0n) is 10.6. The molecule has 5 heteroatoms. The van der Waals surface area contributed by atoms with Crippen LogP contribution in [-0.2, 0) is 6.54 Å². The number of hydrogen-bond donors (Lipinski definition) is 1. The Labute approximate surface area is 111 Å². The summed E-state index contributed by atoms with van der Waals surface area (Å²) in [5.74, 6) is 1.89. The van der Waals surface area contributed by atoms with Crippen LogP contribution in [-0.4, -0.2) is 35.0 Å². The van der Waals surface area contributed by atoms with Crippen LogP contribution in [0, 0.1) is 0 Å². The standard InChI is InChI=1S/C13H18N4S/c1-14-12-10-5-8-18-13(10)16-11(15-12)9-17-6-3-2-4-7-17/h5,8H,2-4,6-7,9H2,1H3,(H,14,15,16). The molecule has 0 aliphatic carbocycles. The lowest BCUT2D eigenvalue weighted by Gasteiger charge is -2.25. The van der Waals surface area contributed by atoms with Crippen LogP contribution in [0.3, 0.4) is 0 Å². The van der Waals surface area contributed by atoms with Gasteiger partial charge in [-0.2, -0.15) is 0 Å². The fourth-order valence-electron chi connectivity index (χ4n) is 2.48. The Morgan fingerprint density at radius 1 is 1.28 bits per heavy atom. The Kier molecular flexibility index (Phi) is 3.43. The first-order valence-corrected chi connectivity index (χ1v) is 7.39. The average Bonchev–Trinajstić information content (AvgIpc) is 2.87. The van der Waals surface area contributed by atoms with Crippen LogP contribution >= 0.6 is 11.3 Å². The van der Waals surface area contributed by atoms with Crippen molar-refractivity contribution in [2.45, 2.75) is 25.8 Å². The molecule has 0 bridgehead atoms. The van der Waals surface area contributed by atoms with E-state index in [4.69, 9.17) is 0 Å². The van der Waals surface area contributed by atoms with E-state index in [0.717, 1.165) is 28.4 Å². The second-order valence-electron chi connectivity index (χ2n) is 4.71. The Balaban J connectivity index is 1.86. The fourth-order valence-corrected chi connectivity index (χ4v) is 3.26. The van der Waals surface area contributed by atoms with Gasteiger partial charge >= 0.3 is 0 Å². The number of hydrogen-bond acceptors (Lipinski definition) is 5. The summed E-state index contributed by atoms with van der Waals surface area (Å²) in [5, 5.41) is 6.37. The van der Waals surface area contributed by atoms with Crippen LogP contribution in [0.1, 0.15) is 25.1 Å². The first kappa shape index (κ1) is 11.9. The van der Waals surface area contributed by atoms with Crippen molar-refractivity contribution < 1.29 is 0 Å². The van der Waals surface area contributed by atoms with E-state index in [9.17, 15) is 0 Å². The molecule has 1 saturated heterocycles. The molecule has 96 valence electrons. The Bertz CT molecular complexity index is 531. The number of piperidine rings is 1. The maximum atomic E-state index is 4.66. The van der Waals surface area contributed by atoms with E-state index in [2.05, 4.69) is 31.6 Å². The Morgan fingerprint density at radius 2 is 2.11 bits per heavy atom. The first-order valence-electron chi connectivity index (χ1n) is 6.51. The smallest absolute Gasteiger partial charge is 0.146 e. The van der Waals surface area contributed by atoms with Crippen LogP contribution in [0.4, 0.5) is 5.82 Å². The van der Waals surface area contributed by atoms with Crippen molar-refractivity contribution in [1.29, 1.82) is 0 Å². The van der Waals surface area contributed by atoms with Gasteiger partial charge in [0.2, 0.25) is 0 Å². The van der Waals surface area contributed by atoms with E-state index in [1.807, 2.05) is 7.05 Å². The number of aromatic nitrogens is 2. The van der Waals surface area contributed by atoms with Crippen molar-refractivity contribution in [2.24, 2.45) is 0 Å². The lowest BCUT2D eigenvalue weighted by atomic mass is 10.1. The lowest BCUT2D eigenvalue weighted by molar-refractivity contribution is 0.216. The zero-order valence-corrected chi connectivity index (χ0v) is 11.5. The molecule has 0 spiro atoms. The molecule has 0 saturated carbocycles. The average molecular weight is 262 g/mol. The molecular weight excluding hydrogens is 244 g/mol. The van der Waals surface area contributed by atoms with Gasteiger partial charge in [-0.3, -0.25) is 4.90 Å². The van der Waals surface area contributed by atoms with E-state index in [1.54, 1.807) is 11.3 Å². The molecule has 0 aromatic carbocycles. The zero-order chi connectivity index (χ0) is 12.4. The van der Waals surface area contributed by atoms with Gasteiger partial charge < -0.3 is 5.32 Å². The fraction of sp³-hybridized carbons (Fsp3) is 0.538. The number of rotatable bonds is 3. The van der Waals surface area contributed by atoms with E-state index < -0.39 is 0 Å². The predicted octanol–water partition coefficient (Wildman–Crippen LogP) is 2.72. The maximum Gasteiger partial charge on any atom is 0.146 e. The highest BCUT2D eigenvalue weighted by molar-refractivity contribution is 7.16. The molecule has 4 nitrogen and oxygen atoms in total. The van der Waals surface area contributed by atoms with Crippen molar-refractivity contribution >= 4 is 27.4 Å². The van der Waals surface area contributed by atoms with Crippen molar-refractivity contribution in [3.05, 3.63) is 17.3 Å². The molecule has 3 heterocycles. The summed E-state index contributed by atoms with van der Waals surface area (Å²) >= 11 is 1.68. The molecule has 0 unspecified atom stereocenters. The van der Waals surface area contributed by atoms with Crippen LogP contribution in [0.25, 0.3) is 10.2 Å². The van der Waals surface area contributed by atoms with E-state index in [-0.39, 0.29) is 0 Å². The molecule has 1 aliphatic rings. The van der Waals surface area contributed by atoms with E-state index in [1.165, 1.54) is 32.4 Å². The van der Waals surface area contributed by atoms with Gasteiger partial charge in [0, 0.05) is 7.05 Å². The van der Waals surface area contributed by atoms with Crippen molar-refractivity contribution in [1.82, 2.24) is 14.9 Å². The molecule has 1 aliphatic heterocycles. The Hall–Kier alpha value is -1.20. The number of nitrogens with one attached hydrogen (secondary N) is 1. The van der Waals surface area contributed by atoms with Gasteiger partial charge in [0.05, 0.1) is 11.9 Å². The highest BCUT2D eigenvalue weighted by Crippen LogP contribution is 2.25. The van der Waals surface area contributed by atoms with Gasteiger partial charge in [0.25, 0.3) is 0 Å². The van der Waals surface area contributed by atoms with Crippen LogP contribution in [0.5, 0.6) is 0 Å². The van der Waals surface area contributed by atoms with Crippen LogP contribution < -0.4 is 5.32 Å². The molecule has 1 fully saturated rings. The number of nitrogens with zero attached hydrogens (tertiary/aromatic N) is 3. The summed E-state index contributed by atoms with van der Waals surface area (Å²) in [4.78, 5) is 12.8. The highest BCUT2D eigenvalue weighted by Gasteiger charge is 2.14. The third-order valence-electron chi connectivity index (χ3n) is 3.42. The lowest BCUT2D eigenvalue weighted by Crippen LogP contribution is -2.29. The number of fused-ring (bicyclic) bond motifs is 1. The summed E-state index contributed by atoms with van der Waals surface area (Å²) in [5.41, 5.74) is 0. The van der Waals surface area contributed by atoms with Crippen molar-refractivity contribution in [2.75, 3.05) is 25.5 Å². The number of anilines is 1. The molecule has 18 heavy (non-hydrogen) atoms. The molecule has 2 aromatic heterocycles. The molecule has 1 N–H and O–H groups in total. The molecule has 2 aromatic rings. The SMILES string of the molecule is CNc1nc(CN2CCCCC2)nc2sccc12. The highest BCUT2D eigenvalue weighted by atomic mass is 32.1. The van der Waals surface area contributed by atoms with E-state index >= 15 is 0 Å². The molecule has 0 amide bonds. The number of thiophene rings is 1. The first-order chi connectivity index (χ1) is 8.86. The summed E-state index contributed by atoms with van der Waals surface area (Å²) in [6.45, 7) is 3.24. The third-order valence-corrected chi connectivity index (χ3v) is 4.23. The third kappa shape index (κ3) is 2.33. The number of likely N-dealkylation sites (tertiary alicyclic amines) is 1. The quantitative estimate of drug-likeness (QED) is 0.923. The normalized spacial score (nSPS) is 17.2. The van der Waals surface area contributed by atoms with Gasteiger partial charge in [-0.25, -0.2) is 9.97 Å². The second-order valence-corrected chi connectivity index (χ2v) is 5.61. The minimum absolute atomic E-state index is 0.878. The van der Waals surface area contributed by atoms with Crippen LogP contribution in [0.2, 0.25) is 0 Å². The predicted molar refractivity (Wildman–Crippen MR) is 76.1 cm³/mol. The minimum Gasteiger partial charge on any atom is -0.372 e. The summed E-state index contributed by atoms with van der Waals surface area (Å²) < 4.78 is 0. The molecular formula is C13H18N4S. The monoisotopic (exact) mass is 262 g/mol. The van der Waals surface area contributed by atoms with Gasteiger partial charge in [-0.05, 0) is 37.4 Å². The summed E-state index contributed by atoms with van der Waals surface area (Å²) in [6, 6.07) is 2.08. The minimum atomic E-state index is 0.878. The van der Waals surface area contributed by atoms with Gasteiger partial charge in [0.15, 0.2) is 0 Å². The van der Waals surface area contributed by atoms with Gasteiger partial charge in [-0.1, -0.05) is 6.42 Å². The largest absolute Gasteiger partial charge is 0.372 e. The molecule has 0 radical (unpaired) electrons. The molecule has 3 rings (SSSR count). The summed E-state index contributed by atoms with van der Waals surface area (Å²) in [6.07, 6.45) is 3.98. The van der Waals surface area contributed by atoms with Crippen molar-refractivity contribution in [3.63, 3.8) is 0 Å². The topological polar surface area (TPSA) is 41.1 Å². The second kappa shape index (κ2) is 5.20. The summed E-state index contributed by atoms with van der Waals surface area (Å²) in [7, 11) is 1.92. The Morgan fingerprint density at radius 3 is 2.89 bits per heavy atom. The van der Waals surface area contributed by atoms with Gasteiger partial charge in [-0.15, -0.1) is 11.3 Å². The van der Waals surface area contributed by atoms with Crippen LogP contribution in [0.15, 0.2) is 11.4 Å². The van der Waals surface area contributed by atoms with E-state index in [0.29, 0.717) is 0 Å². The van der Waals surface area contributed by atoms with Crippen molar-refractivity contribution in [3.8, 4) is 0 Å².